The first kappa shape index (κ1) is 16.5. The van der Waals surface area contributed by atoms with Crippen molar-refractivity contribution in [1.29, 1.82) is 0 Å². The molecule has 5 heteroatoms. The first-order chi connectivity index (χ1) is 11.7. The van der Waals surface area contributed by atoms with Gasteiger partial charge in [0.1, 0.15) is 5.75 Å². The Morgan fingerprint density at radius 2 is 1.96 bits per heavy atom. The standard InChI is InChI=1S/C19H22N2O3/c1-24-17-9-5-4-8-16(17)21-18(23)12-20-19(13-22)11-10-14-6-2-3-7-15(14)19/h2-9,20,22H,10-13H2,1H3,(H,21,23). The Bertz CT molecular complexity index is 732. The molecule has 1 atom stereocenters. The highest BCUT2D eigenvalue weighted by atomic mass is 16.5. The number of aliphatic hydroxyl groups excluding tert-OH is 1. The fraction of sp³-hybridized carbons (Fsp3) is 0.316. The van der Waals surface area contributed by atoms with Crippen LogP contribution < -0.4 is 15.4 Å². The van der Waals surface area contributed by atoms with Gasteiger partial charge in [0, 0.05) is 0 Å². The minimum atomic E-state index is -0.547. The summed E-state index contributed by atoms with van der Waals surface area (Å²) in [4.78, 5) is 12.3. The van der Waals surface area contributed by atoms with Crippen LogP contribution in [0.2, 0.25) is 0 Å². The van der Waals surface area contributed by atoms with E-state index in [4.69, 9.17) is 4.74 Å². The Balaban J connectivity index is 1.68. The number of ether oxygens (including phenoxy) is 1. The van der Waals surface area contributed by atoms with Crippen LogP contribution in [-0.2, 0) is 16.8 Å². The van der Waals surface area contributed by atoms with E-state index >= 15 is 0 Å². The molecular formula is C19H22N2O3. The summed E-state index contributed by atoms with van der Waals surface area (Å²) in [6.45, 7) is 0.0822. The number of hydrogen-bond acceptors (Lipinski definition) is 4. The number of benzene rings is 2. The summed E-state index contributed by atoms with van der Waals surface area (Å²) in [6, 6.07) is 15.3. The Kier molecular flexibility index (Phi) is 4.83. The maximum atomic E-state index is 12.3. The summed E-state index contributed by atoms with van der Waals surface area (Å²) >= 11 is 0. The van der Waals surface area contributed by atoms with E-state index < -0.39 is 5.54 Å². The lowest BCUT2D eigenvalue weighted by atomic mass is 9.92. The lowest BCUT2D eigenvalue weighted by Gasteiger charge is -2.29. The lowest BCUT2D eigenvalue weighted by Crippen LogP contribution is -2.47. The normalized spacial score (nSPS) is 18.9. The number of para-hydroxylation sites is 2. The number of rotatable bonds is 6. The van der Waals surface area contributed by atoms with Gasteiger partial charge >= 0.3 is 0 Å². The van der Waals surface area contributed by atoms with Crippen molar-refractivity contribution in [3.8, 4) is 5.75 Å². The second-order valence-corrected chi connectivity index (χ2v) is 6.00. The fourth-order valence-corrected chi connectivity index (χ4v) is 3.28. The molecule has 1 aliphatic rings. The topological polar surface area (TPSA) is 70.6 Å². The van der Waals surface area contributed by atoms with Gasteiger partial charge in [-0.1, -0.05) is 36.4 Å². The van der Waals surface area contributed by atoms with Crippen molar-refractivity contribution in [2.45, 2.75) is 18.4 Å². The smallest absolute Gasteiger partial charge is 0.238 e. The highest BCUT2D eigenvalue weighted by Gasteiger charge is 2.37. The average molecular weight is 326 g/mol. The van der Waals surface area contributed by atoms with Gasteiger partial charge in [-0.15, -0.1) is 0 Å². The highest BCUT2D eigenvalue weighted by Crippen LogP contribution is 2.36. The molecule has 1 unspecified atom stereocenters. The van der Waals surface area contributed by atoms with Crippen molar-refractivity contribution >= 4 is 11.6 Å². The predicted octanol–water partition coefficient (Wildman–Crippen LogP) is 2.06. The summed E-state index contributed by atoms with van der Waals surface area (Å²) in [5.41, 5.74) is 2.40. The van der Waals surface area contributed by atoms with Crippen molar-refractivity contribution in [2.24, 2.45) is 0 Å². The Hall–Kier alpha value is -2.37. The fourth-order valence-electron chi connectivity index (χ4n) is 3.28. The molecule has 0 fully saturated rings. The maximum Gasteiger partial charge on any atom is 0.238 e. The quantitative estimate of drug-likeness (QED) is 0.760. The third-order valence-electron chi connectivity index (χ3n) is 4.59. The zero-order valence-electron chi connectivity index (χ0n) is 13.7. The molecule has 1 aliphatic carbocycles. The molecule has 0 aromatic heterocycles. The van der Waals surface area contributed by atoms with E-state index in [-0.39, 0.29) is 19.1 Å². The predicted molar refractivity (Wildman–Crippen MR) is 93.2 cm³/mol. The minimum Gasteiger partial charge on any atom is -0.495 e. The number of nitrogens with one attached hydrogen (secondary N) is 2. The van der Waals surface area contributed by atoms with E-state index in [1.807, 2.05) is 30.3 Å². The van der Waals surface area contributed by atoms with E-state index in [1.165, 1.54) is 5.56 Å². The minimum absolute atomic E-state index is 0.0358. The number of methoxy groups -OCH3 is 1. The molecule has 0 bridgehead atoms. The van der Waals surface area contributed by atoms with Crippen LogP contribution in [0.25, 0.3) is 0 Å². The van der Waals surface area contributed by atoms with Gasteiger partial charge in [-0.2, -0.15) is 0 Å². The Morgan fingerprint density at radius 1 is 1.21 bits per heavy atom. The molecular weight excluding hydrogens is 304 g/mol. The number of carbonyl (C=O) groups is 1. The summed E-state index contributed by atoms with van der Waals surface area (Å²) < 4.78 is 5.24. The molecule has 2 aromatic rings. The molecule has 0 heterocycles. The van der Waals surface area contributed by atoms with Gasteiger partial charge in [-0.05, 0) is 36.1 Å². The van der Waals surface area contributed by atoms with Gasteiger partial charge in [0.2, 0.25) is 5.91 Å². The molecule has 0 aliphatic heterocycles. The molecule has 0 spiro atoms. The number of aryl methyl sites for hydroxylation is 1. The molecule has 2 aromatic carbocycles. The van der Waals surface area contributed by atoms with Crippen molar-refractivity contribution in [2.75, 3.05) is 25.6 Å². The number of carbonyl (C=O) groups excluding carboxylic acids is 1. The maximum absolute atomic E-state index is 12.3. The van der Waals surface area contributed by atoms with E-state index in [0.29, 0.717) is 11.4 Å². The largest absolute Gasteiger partial charge is 0.495 e. The van der Waals surface area contributed by atoms with Gasteiger partial charge in [-0.25, -0.2) is 0 Å². The number of fused-ring (bicyclic) bond motifs is 1. The molecule has 3 rings (SSSR count). The van der Waals surface area contributed by atoms with Crippen LogP contribution in [0.1, 0.15) is 17.5 Å². The van der Waals surface area contributed by atoms with Crippen LogP contribution >= 0.6 is 0 Å². The molecule has 3 N–H and O–H groups in total. The van der Waals surface area contributed by atoms with Crippen LogP contribution in [0.15, 0.2) is 48.5 Å². The second kappa shape index (κ2) is 7.03. The van der Waals surface area contributed by atoms with Crippen molar-refractivity contribution < 1.29 is 14.6 Å². The van der Waals surface area contributed by atoms with E-state index in [2.05, 4.69) is 16.7 Å². The van der Waals surface area contributed by atoms with Crippen molar-refractivity contribution in [1.82, 2.24) is 5.32 Å². The molecule has 1 amide bonds. The number of aliphatic hydroxyl groups is 1. The van der Waals surface area contributed by atoms with Crippen LogP contribution in [0.4, 0.5) is 5.69 Å². The lowest BCUT2D eigenvalue weighted by molar-refractivity contribution is -0.115. The molecule has 0 radical (unpaired) electrons. The molecule has 24 heavy (non-hydrogen) atoms. The SMILES string of the molecule is COc1ccccc1NC(=O)CNC1(CO)CCc2ccccc21. The summed E-state index contributed by atoms with van der Waals surface area (Å²) in [7, 11) is 1.57. The van der Waals surface area contributed by atoms with Crippen molar-refractivity contribution in [3.05, 3.63) is 59.7 Å². The number of amides is 1. The van der Waals surface area contributed by atoms with Gasteiger partial charge in [-0.3, -0.25) is 10.1 Å². The summed E-state index contributed by atoms with van der Waals surface area (Å²) in [6.07, 6.45) is 1.68. The molecule has 0 saturated carbocycles. The third kappa shape index (κ3) is 3.13. The first-order valence-corrected chi connectivity index (χ1v) is 8.06. The van der Waals surface area contributed by atoms with E-state index in [0.717, 1.165) is 18.4 Å². The van der Waals surface area contributed by atoms with E-state index in [9.17, 15) is 9.90 Å². The van der Waals surface area contributed by atoms with Crippen LogP contribution in [0.5, 0.6) is 5.75 Å². The van der Waals surface area contributed by atoms with Crippen LogP contribution in [0.3, 0.4) is 0 Å². The van der Waals surface area contributed by atoms with Gasteiger partial charge in [0.25, 0.3) is 0 Å². The monoisotopic (exact) mass is 326 g/mol. The zero-order valence-corrected chi connectivity index (χ0v) is 13.7. The van der Waals surface area contributed by atoms with E-state index in [1.54, 1.807) is 19.2 Å². The van der Waals surface area contributed by atoms with Gasteiger partial charge < -0.3 is 15.2 Å². The first-order valence-electron chi connectivity index (χ1n) is 8.06. The Labute approximate surface area is 141 Å². The zero-order chi connectivity index (χ0) is 17.0. The van der Waals surface area contributed by atoms with Gasteiger partial charge in [0.15, 0.2) is 0 Å². The third-order valence-corrected chi connectivity index (χ3v) is 4.59. The van der Waals surface area contributed by atoms with Crippen molar-refractivity contribution in [3.63, 3.8) is 0 Å². The average Bonchev–Trinajstić information content (AvgIpc) is 3.00. The highest BCUT2D eigenvalue weighted by molar-refractivity contribution is 5.93. The van der Waals surface area contributed by atoms with Crippen LogP contribution in [-0.4, -0.2) is 31.3 Å². The second-order valence-electron chi connectivity index (χ2n) is 6.00. The van der Waals surface area contributed by atoms with Gasteiger partial charge in [0.05, 0.1) is 31.5 Å². The number of hydrogen-bond donors (Lipinski definition) is 3. The molecule has 5 nitrogen and oxygen atoms in total. The Morgan fingerprint density at radius 3 is 2.75 bits per heavy atom. The summed E-state index contributed by atoms with van der Waals surface area (Å²) in [5.74, 6) is 0.450. The van der Waals surface area contributed by atoms with Crippen LogP contribution in [0, 0.1) is 0 Å². The summed E-state index contributed by atoms with van der Waals surface area (Å²) in [5, 5.41) is 16.0. The molecule has 0 saturated heterocycles. The molecule has 126 valence electrons. The number of anilines is 1.